The Morgan fingerprint density at radius 3 is 2.77 bits per heavy atom. The average Bonchev–Trinajstić information content (AvgIpc) is 2.96. The molecule has 22 heavy (non-hydrogen) atoms. The molecule has 8 nitrogen and oxygen atoms in total. The van der Waals surface area contributed by atoms with Gasteiger partial charge in [-0.15, -0.1) is 0 Å². The number of fused-ring (bicyclic) bond motifs is 1. The maximum atomic E-state index is 11.3. The standard InChI is InChI=1S/C14H10N4O4/c19-14(20)8-3-1-6-11(18(21)22)12(8)17-10-5-2-4-9-13(10)16-7-15-9/h1-7,17H,(H,15,16)(H,19,20). The van der Waals surface area contributed by atoms with Crippen molar-refractivity contribution in [3.63, 3.8) is 0 Å². The number of carboxylic acid groups (broad SMARTS) is 1. The molecule has 2 aromatic carbocycles. The Morgan fingerprint density at radius 2 is 2.05 bits per heavy atom. The number of hydrogen-bond donors (Lipinski definition) is 3. The number of nitro groups is 1. The topological polar surface area (TPSA) is 121 Å². The van der Waals surface area contributed by atoms with E-state index in [0.29, 0.717) is 11.2 Å². The number of carbonyl (C=O) groups is 1. The van der Waals surface area contributed by atoms with Crippen molar-refractivity contribution in [2.75, 3.05) is 5.32 Å². The molecular formula is C14H10N4O4. The first kappa shape index (κ1) is 13.6. The monoisotopic (exact) mass is 298 g/mol. The van der Waals surface area contributed by atoms with E-state index in [-0.39, 0.29) is 16.9 Å². The summed E-state index contributed by atoms with van der Waals surface area (Å²) in [5, 5.41) is 23.2. The number of aromatic carboxylic acids is 1. The molecule has 0 saturated heterocycles. The molecule has 0 radical (unpaired) electrons. The number of nitrogens with zero attached hydrogens (tertiary/aromatic N) is 2. The molecule has 0 saturated carbocycles. The number of para-hydroxylation sites is 2. The van der Waals surface area contributed by atoms with Crippen molar-refractivity contribution >= 4 is 34.1 Å². The molecule has 3 aromatic rings. The Labute approximate surface area is 123 Å². The van der Waals surface area contributed by atoms with Crippen LogP contribution in [0.1, 0.15) is 10.4 Å². The highest BCUT2D eigenvalue weighted by molar-refractivity contribution is 6.00. The number of H-pyrrole nitrogens is 1. The Balaban J connectivity index is 2.17. The van der Waals surface area contributed by atoms with Gasteiger partial charge >= 0.3 is 5.97 Å². The van der Waals surface area contributed by atoms with Crippen LogP contribution in [-0.4, -0.2) is 26.0 Å². The fourth-order valence-corrected chi connectivity index (χ4v) is 2.20. The summed E-state index contributed by atoms with van der Waals surface area (Å²) in [5.74, 6) is -1.25. The van der Waals surface area contributed by atoms with Crippen molar-refractivity contribution in [1.82, 2.24) is 9.97 Å². The van der Waals surface area contributed by atoms with E-state index in [9.17, 15) is 20.0 Å². The molecule has 0 aliphatic carbocycles. The molecule has 0 atom stereocenters. The minimum atomic E-state index is -1.25. The summed E-state index contributed by atoms with van der Waals surface area (Å²) in [4.78, 5) is 28.9. The Bertz CT molecular complexity index is 855. The van der Waals surface area contributed by atoms with Crippen molar-refractivity contribution < 1.29 is 14.8 Å². The van der Waals surface area contributed by atoms with E-state index in [1.165, 1.54) is 24.5 Å². The summed E-state index contributed by atoms with van der Waals surface area (Å²) in [5.41, 5.74) is 1.22. The van der Waals surface area contributed by atoms with Gasteiger partial charge in [0.05, 0.1) is 28.0 Å². The first-order valence-corrected chi connectivity index (χ1v) is 6.28. The second-order valence-corrected chi connectivity index (χ2v) is 4.49. The maximum Gasteiger partial charge on any atom is 0.338 e. The number of carboxylic acids is 1. The Hall–Kier alpha value is -3.42. The van der Waals surface area contributed by atoms with Crippen molar-refractivity contribution in [1.29, 1.82) is 0 Å². The summed E-state index contributed by atoms with van der Waals surface area (Å²) in [7, 11) is 0. The van der Waals surface area contributed by atoms with Gasteiger partial charge in [0.15, 0.2) is 0 Å². The van der Waals surface area contributed by atoms with Gasteiger partial charge in [0.2, 0.25) is 0 Å². The molecule has 0 unspecified atom stereocenters. The molecule has 0 fully saturated rings. The van der Waals surface area contributed by atoms with Crippen LogP contribution in [0, 0.1) is 10.1 Å². The fraction of sp³-hybridized carbons (Fsp3) is 0. The van der Waals surface area contributed by atoms with Crippen LogP contribution in [0.4, 0.5) is 17.1 Å². The fourth-order valence-electron chi connectivity index (χ4n) is 2.20. The van der Waals surface area contributed by atoms with Crippen LogP contribution in [0.5, 0.6) is 0 Å². The molecule has 3 rings (SSSR count). The van der Waals surface area contributed by atoms with Crippen LogP contribution in [0.3, 0.4) is 0 Å². The SMILES string of the molecule is O=C(O)c1cccc([N+](=O)[O-])c1Nc1cccc2[nH]cnc12. The van der Waals surface area contributed by atoms with Gasteiger partial charge in [-0.2, -0.15) is 0 Å². The second-order valence-electron chi connectivity index (χ2n) is 4.49. The first-order chi connectivity index (χ1) is 10.6. The number of rotatable bonds is 4. The Kier molecular flexibility index (Phi) is 3.18. The van der Waals surface area contributed by atoms with E-state index in [2.05, 4.69) is 15.3 Å². The number of nitrogens with one attached hydrogen (secondary N) is 2. The minimum absolute atomic E-state index is 0.0736. The summed E-state index contributed by atoms with van der Waals surface area (Å²) < 4.78 is 0. The van der Waals surface area contributed by atoms with Gasteiger partial charge in [0.1, 0.15) is 11.2 Å². The smallest absolute Gasteiger partial charge is 0.338 e. The predicted octanol–water partition coefficient (Wildman–Crippen LogP) is 2.91. The lowest BCUT2D eigenvalue weighted by Gasteiger charge is -2.10. The van der Waals surface area contributed by atoms with Gasteiger partial charge < -0.3 is 15.4 Å². The van der Waals surface area contributed by atoms with Gasteiger partial charge in [-0.25, -0.2) is 9.78 Å². The van der Waals surface area contributed by atoms with Gasteiger partial charge in [0.25, 0.3) is 5.69 Å². The molecular weight excluding hydrogens is 288 g/mol. The lowest BCUT2D eigenvalue weighted by atomic mass is 10.1. The van der Waals surface area contributed by atoms with Crippen molar-refractivity contribution in [2.24, 2.45) is 0 Å². The predicted molar refractivity (Wildman–Crippen MR) is 79.4 cm³/mol. The van der Waals surface area contributed by atoms with Crippen LogP contribution in [0.15, 0.2) is 42.7 Å². The maximum absolute atomic E-state index is 11.3. The van der Waals surface area contributed by atoms with E-state index in [1.807, 2.05) is 0 Å². The molecule has 0 aliphatic heterocycles. The van der Waals surface area contributed by atoms with Gasteiger partial charge in [-0.1, -0.05) is 12.1 Å². The highest BCUT2D eigenvalue weighted by Crippen LogP contribution is 2.33. The first-order valence-electron chi connectivity index (χ1n) is 6.28. The van der Waals surface area contributed by atoms with Crippen molar-refractivity contribution in [3.8, 4) is 0 Å². The third-order valence-corrected chi connectivity index (χ3v) is 3.18. The van der Waals surface area contributed by atoms with Crippen LogP contribution >= 0.6 is 0 Å². The highest BCUT2D eigenvalue weighted by Gasteiger charge is 2.22. The second kappa shape index (κ2) is 5.17. The highest BCUT2D eigenvalue weighted by atomic mass is 16.6. The van der Waals surface area contributed by atoms with Crippen LogP contribution in [-0.2, 0) is 0 Å². The molecule has 0 spiro atoms. The van der Waals surface area contributed by atoms with Crippen LogP contribution in [0.2, 0.25) is 0 Å². The zero-order chi connectivity index (χ0) is 15.7. The van der Waals surface area contributed by atoms with Gasteiger partial charge in [0, 0.05) is 6.07 Å². The summed E-state index contributed by atoms with van der Waals surface area (Å²) in [6.07, 6.45) is 1.49. The van der Waals surface area contributed by atoms with Crippen molar-refractivity contribution in [3.05, 3.63) is 58.4 Å². The largest absolute Gasteiger partial charge is 0.478 e. The number of nitro benzene ring substituents is 1. The summed E-state index contributed by atoms with van der Waals surface area (Å²) in [6, 6.07) is 9.10. The van der Waals surface area contributed by atoms with E-state index < -0.39 is 10.9 Å². The molecule has 1 aromatic heterocycles. The Morgan fingerprint density at radius 1 is 1.27 bits per heavy atom. The van der Waals surface area contributed by atoms with E-state index >= 15 is 0 Å². The molecule has 3 N–H and O–H groups in total. The summed E-state index contributed by atoms with van der Waals surface area (Å²) >= 11 is 0. The third-order valence-electron chi connectivity index (χ3n) is 3.18. The number of benzene rings is 2. The zero-order valence-electron chi connectivity index (χ0n) is 11.1. The third kappa shape index (κ3) is 2.22. The van der Waals surface area contributed by atoms with Gasteiger partial charge in [-0.05, 0) is 18.2 Å². The van der Waals surface area contributed by atoms with E-state index in [1.54, 1.807) is 18.2 Å². The van der Waals surface area contributed by atoms with Crippen molar-refractivity contribution in [2.45, 2.75) is 0 Å². The molecule has 0 bridgehead atoms. The molecule has 8 heteroatoms. The zero-order valence-corrected chi connectivity index (χ0v) is 11.1. The molecule has 0 amide bonds. The normalized spacial score (nSPS) is 10.5. The van der Waals surface area contributed by atoms with Crippen LogP contribution in [0.25, 0.3) is 11.0 Å². The van der Waals surface area contributed by atoms with E-state index in [0.717, 1.165) is 5.52 Å². The number of aromatic amines is 1. The summed E-state index contributed by atoms with van der Waals surface area (Å²) in [6.45, 7) is 0. The van der Waals surface area contributed by atoms with Crippen LogP contribution < -0.4 is 5.32 Å². The molecule has 110 valence electrons. The number of aromatic nitrogens is 2. The molecule has 1 heterocycles. The number of hydrogen-bond acceptors (Lipinski definition) is 5. The minimum Gasteiger partial charge on any atom is -0.478 e. The number of imidazole rings is 1. The van der Waals surface area contributed by atoms with E-state index in [4.69, 9.17) is 0 Å². The molecule has 0 aliphatic rings. The quantitative estimate of drug-likeness (QED) is 0.503. The van der Waals surface area contributed by atoms with Gasteiger partial charge in [-0.3, -0.25) is 10.1 Å². The lowest BCUT2D eigenvalue weighted by Crippen LogP contribution is -2.06. The average molecular weight is 298 g/mol. The lowest BCUT2D eigenvalue weighted by molar-refractivity contribution is -0.383. The number of anilines is 2.